The maximum Gasteiger partial charge on any atom is 0.417 e. The largest absolute Gasteiger partial charge is 0.543 e. The van der Waals surface area contributed by atoms with Gasteiger partial charge in [-0.05, 0) is 36.3 Å². The molecule has 21 heavy (non-hydrogen) atoms. The highest BCUT2D eigenvalue weighted by molar-refractivity contribution is 8.08. The van der Waals surface area contributed by atoms with Crippen LogP contribution in [-0.4, -0.2) is 8.32 Å². The first-order chi connectivity index (χ1) is 9.25. The van der Waals surface area contributed by atoms with E-state index in [2.05, 4.69) is 0 Å². The van der Waals surface area contributed by atoms with E-state index in [0.717, 1.165) is 6.07 Å². The number of halogens is 5. The minimum absolute atomic E-state index is 0.0941. The molecular weight excluding hydrogens is 359 g/mol. The highest BCUT2D eigenvalue weighted by Gasteiger charge is 2.40. The molecule has 0 aromatic heterocycles. The Morgan fingerprint density at radius 1 is 1.10 bits per heavy atom. The summed E-state index contributed by atoms with van der Waals surface area (Å²) >= 11 is 11.3. The smallest absolute Gasteiger partial charge is 0.417 e. The van der Waals surface area contributed by atoms with E-state index in [-0.39, 0.29) is 16.1 Å². The number of rotatable bonds is 3. The average molecular weight is 377 g/mol. The van der Waals surface area contributed by atoms with Crippen LogP contribution >= 0.6 is 29.1 Å². The first kappa shape index (κ1) is 19.1. The third-order valence-electron chi connectivity index (χ3n) is 3.63. The van der Waals surface area contributed by atoms with Gasteiger partial charge in [-0.15, -0.1) is 0 Å². The molecule has 0 heterocycles. The lowest BCUT2D eigenvalue weighted by Crippen LogP contribution is -2.44. The van der Waals surface area contributed by atoms with Crippen molar-refractivity contribution in [2.45, 2.75) is 45.1 Å². The van der Waals surface area contributed by atoms with Crippen LogP contribution in [0.5, 0.6) is 5.75 Å². The van der Waals surface area contributed by atoms with E-state index in [9.17, 15) is 13.2 Å². The van der Waals surface area contributed by atoms with E-state index in [1.165, 1.54) is 12.1 Å². The molecule has 1 nitrogen and oxygen atoms in total. The Morgan fingerprint density at radius 3 is 2.00 bits per heavy atom. The summed E-state index contributed by atoms with van der Waals surface area (Å²) in [5, 5.41) is -0.196. The molecule has 120 valence electrons. The van der Waals surface area contributed by atoms with Gasteiger partial charge in [0.1, 0.15) is 12.4 Å². The quantitative estimate of drug-likeness (QED) is 0.431. The molecule has 0 aliphatic carbocycles. The molecule has 0 radical (unpaired) electrons. The fourth-order valence-corrected chi connectivity index (χ4v) is 3.87. The van der Waals surface area contributed by atoms with Gasteiger partial charge in [-0.1, -0.05) is 43.3 Å². The van der Waals surface area contributed by atoms with Crippen molar-refractivity contribution in [3.8, 4) is 5.75 Å². The van der Waals surface area contributed by atoms with Gasteiger partial charge in [-0.3, -0.25) is 0 Å². The van der Waals surface area contributed by atoms with Gasteiger partial charge in [0.05, 0.1) is 5.56 Å². The maximum absolute atomic E-state index is 13.1. The van der Waals surface area contributed by atoms with Crippen molar-refractivity contribution in [2.24, 2.45) is 0 Å². The molecule has 0 saturated carbocycles. The average Bonchev–Trinajstić information content (AvgIpc) is 2.25. The molecule has 0 amide bonds. The molecule has 0 saturated heterocycles. The minimum atomic E-state index is -4.51. The molecule has 1 rings (SSSR count). The Kier molecular flexibility index (Phi) is 5.70. The Balaban J connectivity index is 3.24. The summed E-state index contributed by atoms with van der Waals surface area (Å²) in [6.45, 7) is 8.15. The Labute approximate surface area is 135 Å². The predicted molar refractivity (Wildman–Crippen MR) is 87.5 cm³/mol. The van der Waals surface area contributed by atoms with Gasteiger partial charge in [-0.2, -0.15) is 13.2 Å². The zero-order valence-electron chi connectivity index (χ0n) is 12.5. The normalized spacial score (nSPS) is 13.7. The van der Waals surface area contributed by atoms with Crippen LogP contribution in [0.15, 0.2) is 18.2 Å². The summed E-state index contributed by atoms with van der Waals surface area (Å²) in [5.41, 5.74) is -0.824. The summed E-state index contributed by atoms with van der Waals surface area (Å²) in [6, 6.07) is 3.80. The summed E-state index contributed by atoms with van der Waals surface area (Å²) < 4.78 is 45.2. The Hall–Kier alpha value is 0.0369. The molecule has 1 aromatic rings. The van der Waals surface area contributed by atoms with Crippen LogP contribution in [0.2, 0.25) is 18.1 Å². The van der Waals surface area contributed by atoms with Crippen molar-refractivity contribution in [3.05, 3.63) is 23.8 Å². The number of benzene rings is 1. The minimum Gasteiger partial charge on any atom is -0.543 e. The van der Waals surface area contributed by atoms with Gasteiger partial charge in [0.25, 0.3) is 0 Å². The molecule has 0 bridgehead atoms. The van der Waals surface area contributed by atoms with E-state index >= 15 is 0 Å². The third-order valence-corrected chi connectivity index (χ3v) is 9.84. The highest BCUT2D eigenvalue weighted by atomic mass is 35.9. The maximum atomic E-state index is 13.1. The van der Waals surface area contributed by atoms with Crippen LogP contribution < -0.4 is 9.73 Å². The van der Waals surface area contributed by atoms with E-state index in [0.29, 0.717) is 0 Å². The lowest BCUT2D eigenvalue weighted by atomic mass is 10.2. The monoisotopic (exact) mass is 376 g/mol. The van der Waals surface area contributed by atoms with E-state index in [4.69, 9.17) is 26.9 Å². The van der Waals surface area contributed by atoms with Crippen molar-refractivity contribution in [3.63, 3.8) is 0 Å². The molecule has 8 heteroatoms. The van der Waals surface area contributed by atoms with Gasteiger partial charge >= 0.3 is 6.18 Å². The molecule has 1 aromatic carbocycles. The second-order valence-electron chi connectivity index (χ2n) is 6.27. The second kappa shape index (κ2) is 6.27. The number of hydrogen-bond donors (Lipinski definition) is 0. The van der Waals surface area contributed by atoms with Crippen LogP contribution in [0.4, 0.5) is 13.2 Å². The molecule has 0 atom stereocenters. The molecule has 0 spiro atoms. The number of alkyl halides is 3. The molecule has 0 N–H and O–H groups in total. The van der Waals surface area contributed by atoms with E-state index in [1.54, 1.807) is 0 Å². The topological polar surface area (TPSA) is 9.23 Å². The van der Waals surface area contributed by atoms with E-state index in [1.807, 2.05) is 33.9 Å². The van der Waals surface area contributed by atoms with Crippen molar-refractivity contribution in [1.82, 2.24) is 0 Å². The fourth-order valence-electron chi connectivity index (χ4n) is 1.40. The molecule has 0 aliphatic rings. The molecule has 0 aliphatic heterocycles. The molecule has 0 fully saturated rings. The van der Waals surface area contributed by atoms with Crippen molar-refractivity contribution < 1.29 is 17.6 Å². The summed E-state index contributed by atoms with van der Waals surface area (Å²) in [7, 11) is -2.20. The predicted octanol–water partition coefficient (Wildman–Crippen LogP) is 6.50. The standard InChI is InChI=1S/C13H18Cl2F3OPSi/c1-12(2,3)21(4,5)19-9-6-7-11(20(14)15)10(8-9)13(16,17)18/h6-8H,1-5H3. The summed E-state index contributed by atoms with van der Waals surface area (Å²) in [6.07, 6.45) is -4.51. The lowest BCUT2D eigenvalue weighted by molar-refractivity contribution is -0.136. The Bertz CT molecular complexity index is 513. The Morgan fingerprint density at radius 2 is 1.62 bits per heavy atom. The molecular formula is C13H18Cl2F3OPSi. The van der Waals surface area contributed by atoms with Crippen LogP contribution in [0.25, 0.3) is 0 Å². The van der Waals surface area contributed by atoms with Gasteiger partial charge in [0.2, 0.25) is 8.32 Å². The van der Waals surface area contributed by atoms with Gasteiger partial charge < -0.3 is 4.43 Å². The summed E-state index contributed by atoms with van der Waals surface area (Å²) in [4.78, 5) is 0. The lowest BCUT2D eigenvalue weighted by Gasteiger charge is -2.36. The fraction of sp³-hybridized carbons (Fsp3) is 0.538. The highest BCUT2D eigenvalue weighted by Crippen LogP contribution is 2.49. The third kappa shape index (κ3) is 4.75. The zero-order chi connectivity index (χ0) is 16.6. The van der Waals surface area contributed by atoms with Crippen LogP contribution in [0, 0.1) is 0 Å². The SMILES string of the molecule is CC(C)(C)[Si](C)(C)Oc1ccc(P(Cl)Cl)c(C(F)(F)F)c1. The molecule has 0 unspecified atom stereocenters. The second-order valence-corrected chi connectivity index (χ2v) is 14.5. The van der Waals surface area contributed by atoms with Crippen LogP contribution in [-0.2, 0) is 6.18 Å². The van der Waals surface area contributed by atoms with Crippen molar-refractivity contribution in [1.29, 1.82) is 0 Å². The zero-order valence-corrected chi connectivity index (χ0v) is 15.9. The van der Waals surface area contributed by atoms with Crippen LogP contribution in [0.1, 0.15) is 26.3 Å². The van der Waals surface area contributed by atoms with Crippen LogP contribution in [0.3, 0.4) is 0 Å². The van der Waals surface area contributed by atoms with E-state index < -0.39 is 26.7 Å². The van der Waals surface area contributed by atoms with Gasteiger partial charge in [-0.25, -0.2) is 0 Å². The van der Waals surface area contributed by atoms with Crippen molar-refractivity contribution >= 4 is 42.7 Å². The first-order valence-electron chi connectivity index (χ1n) is 6.27. The first-order valence-corrected chi connectivity index (χ1v) is 12.3. The van der Waals surface area contributed by atoms with Crippen molar-refractivity contribution in [2.75, 3.05) is 0 Å². The van der Waals surface area contributed by atoms with Gasteiger partial charge in [0.15, 0.2) is 0 Å². The number of hydrogen-bond acceptors (Lipinski definition) is 1. The summed E-state index contributed by atoms with van der Waals surface area (Å²) in [5.74, 6) is 0.211. The van der Waals surface area contributed by atoms with Gasteiger partial charge in [0, 0.05) is 5.30 Å².